The average Bonchev–Trinajstić information content (AvgIpc) is 3.14. The monoisotopic (exact) mass is 356 g/mol. The molecule has 3 fully saturated rings. The molecule has 0 amide bonds. The summed E-state index contributed by atoms with van der Waals surface area (Å²) in [5, 5.41) is 0.796. The van der Waals surface area contributed by atoms with Gasteiger partial charge < -0.3 is 10.5 Å². The fraction of sp³-hybridized carbons (Fsp3) is 0.667. The summed E-state index contributed by atoms with van der Waals surface area (Å²) < 4.78 is 6.03. The van der Waals surface area contributed by atoms with Gasteiger partial charge in [-0.05, 0) is 61.6 Å². The molecule has 128 valence electrons. The van der Waals surface area contributed by atoms with Crippen LogP contribution >= 0.6 is 24.0 Å². The normalized spacial score (nSPS) is 30.1. The topological polar surface area (TPSA) is 38.5 Å². The number of hydrogen-bond donors (Lipinski definition) is 1. The fourth-order valence-electron chi connectivity index (χ4n) is 4.07. The van der Waals surface area contributed by atoms with E-state index in [0.29, 0.717) is 12.0 Å². The minimum atomic E-state index is 0. The summed E-state index contributed by atoms with van der Waals surface area (Å²) in [6, 6.07) is 6.43. The van der Waals surface area contributed by atoms with Crippen LogP contribution in [0.1, 0.15) is 31.2 Å². The van der Waals surface area contributed by atoms with Crippen molar-refractivity contribution in [3.63, 3.8) is 0 Å². The summed E-state index contributed by atoms with van der Waals surface area (Å²) in [6.07, 6.45) is 5.13. The third kappa shape index (κ3) is 3.96. The molecule has 3 aliphatic rings. The zero-order chi connectivity index (χ0) is 15.1. The van der Waals surface area contributed by atoms with E-state index in [0.717, 1.165) is 42.3 Å². The molecule has 1 aromatic carbocycles. The van der Waals surface area contributed by atoms with E-state index in [9.17, 15) is 0 Å². The maximum Gasteiger partial charge on any atom is 0.123 e. The predicted octanol–water partition coefficient (Wildman–Crippen LogP) is 3.72. The first-order valence-corrected chi connectivity index (χ1v) is 8.96. The Balaban J connectivity index is 0.00000156. The van der Waals surface area contributed by atoms with E-state index in [1.54, 1.807) is 0 Å². The van der Waals surface area contributed by atoms with Crippen molar-refractivity contribution in [1.82, 2.24) is 4.90 Å². The van der Waals surface area contributed by atoms with Gasteiger partial charge in [-0.15, -0.1) is 12.4 Å². The molecular weight excluding hydrogens is 331 g/mol. The van der Waals surface area contributed by atoms with Crippen LogP contribution in [-0.4, -0.2) is 30.6 Å². The highest BCUT2D eigenvalue weighted by Crippen LogP contribution is 2.38. The van der Waals surface area contributed by atoms with Crippen LogP contribution in [0.3, 0.4) is 0 Å². The lowest BCUT2D eigenvalue weighted by Gasteiger charge is -2.20. The molecule has 1 aliphatic heterocycles. The average molecular weight is 357 g/mol. The first kappa shape index (κ1) is 17.3. The van der Waals surface area contributed by atoms with Crippen LogP contribution in [-0.2, 0) is 6.54 Å². The van der Waals surface area contributed by atoms with Crippen LogP contribution in [0, 0.1) is 17.8 Å². The van der Waals surface area contributed by atoms with Gasteiger partial charge in [-0.1, -0.05) is 11.6 Å². The summed E-state index contributed by atoms with van der Waals surface area (Å²) >= 11 is 6.20. The number of likely N-dealkylation sites (tertiary alicyclic amines) is 1. The molecular formula is C18H26Cl2N2O. The van der Waals surface area contributed by atoms with Gasteiger partial charge in [0, 0.05) is 36.3 Å². The fourth-order valence-corrected chi connectivity index (χ4v) is 4.27. The van der Waals surface area contributed by atoms with Gasteiger partial charge in [0.1, 0.15) is 5.75 Å². The van der Waals surface area contributed by atoms with E-state index in [4.69, 9.17) is 22.1 Å². The zero-order valence-electron chi connectivity index (χ0n) is 13.4. The highest BCUT2D eigenvalue weighted by atomic mass is 35.5. The van der Waals surface area contributed by atoms with E-state index in [-0.39, 0.29) is 12.4 Å². The van der Waals surface area contributed by atoms with Crippen LogP contribution in [0.25, 0.3) is 0 Å². The summed E-state index contributed by atoms with van der Waals surface area (Å²) in [4.78, 5) is 2.53. The van der Waals surface area contributed by atoms with E-state index in [1.807, 2.05) is 12.1 Å². The summed E-state index contributed by atoms with van der Waals surface area (Å²) in [6.45, 7) is 4.08. The molecule has 2 aliphatic carbocycles. The Hall–Kier alpha value is -0.480. The quantitative estimate of drug-likeness (QED) is 0.873. The Labute approximate surface area is 149 Å². The molecule has 1 saturated heterocycles. The maximum absolute atomic E-state index is 6.24. The molecule has 0 spiro atoms. The molecule has 23 heavy (non-hydrogen) atoms. The number of hydrogen-bond acceptors (Lipinski definition) is 3. The Bertz CT molecular complexity index is 550. The Morgan fingerprint density at radius 1 is 1.17 bits per heavy atom. The van der Waals surface area contributed by atoms with Gasteiger partial charge >= 0.3 is 0 Å². The van der Waals surface area contributed by atoms with Gasteiger partial charge in [-0.25, -0.2) is 0 Å². The number of nitrogens with two attached hydrogens (primary N) is 1. The molecule has 0 bridgehead atoms. The number of nitrogens with zero attached hydrogens (tertiary/aromatic N) is 1. The third-order valence-electron chi connectivity index (χ3n) is 5.58. The van der Waals surface area contributed by atoms with Crippen molar-refractivity contribution in [3.8, 4) is 5.75 Å². The van der Waals surface area contributed by atoms with Crippen molar-refractivity contribution in [1.29, 1.82) is 0 Å². The SMILES string of the molecule is Cl.NC1CCC2CN(Cc3cc(Cl)ccc3OCC3CC3)CC12. The molecule has 3 nitrogen and oxygen atoms in total. The van der Waals surface area contributed by atoms with Gasteiger partial charge in [0.05, 0.1) is 6.61 Å². The van der Waals surface area contributed by atoms with Crippen LogP contribution in [0.15, 0.2) is 18.2 Å². The van der Waals surface area contributed by atoms with Crippen molar-refractivity contribution in [2.45, 2.75) is 38.3 Å². The minimum Gasteiger partial charge on any atom is -0.493 e. The molecule has 1 heterocycles. The first-order valence-electron chi connectivity index (χ1n) is 8.58. The van der Waals surface area contributed by atoms with Crippen LogP contribution < -0.4 is 10.5 Å². The molecule has 1 aromatic rings. The van der Waals surface area contributed by atoms with Crippen LogP contribution in [0.2, 0.25) is 5.02 Å². The number of ether oxygens (including phenoxy) is 1. The molecule has 0 radical (unpaired) electrons. The second-order valence-corrected chi connectivity index (χ2v) is 7.80. The summed E-state index contributed by atoms with van der Waals surface area (Å²) in [5.41, 5.74) is 7.47. The van der Waals surface area contributed by atoms with E-state index >= 15 is 0 Å². The molecule has 2 saturated carbocycles. The van der Waals surface area contributed by atoms with E-state index in [1.165, 1.54) is 37.8 Å². The molecule has 3 atom stereocenters. The summed E-state index contributed by atoms with van der Waals surface area (Å²) in [5.74, 6) is 3.27. The van der Waals surface area contributed by atoms with E-state index < -0.39 is 0 Å². The number of benzene rings is 1. The zero-order valence-corrected chi connectivity index (χ0v) is 15.0. The molecule has 0 aromatic heterocycles. The highest BCUT2D eigenvalue weighted by molar-refractivity contribution is 6.30. The largest absolute Gasteiger partial charge is 0.493 e. The minimum absolute atomic E-state index is 0. The van der Waals surface area contributed by atoms with Crippen molar-refractivity contribution < 1.29 is 4.74 Å². The second kappa shape index (κ2) is 7.18. The predicted molar refractivity (Wildman–Crippen MR) is 96.4 cm³/mol. The van der Waals surface area contributed by atoms with Crippen molar-refractivity contribution in [2.24, 2.45) is 23.5 Å². The number of rotatable bonds is 5. The Morgan fingerprint density at radius 3 is 2.74 bits per heavy atom. The van der Waals surface area contributed by atoms with Crippen molar-refractivity contribution >= 4 is 24.0 Å². The third-order valence-corrected chi connectivity index (χ3v) is 5.81. The Morgan fingerprint density at radius 2 is 2.00 bits per heavy atom. The van der Waals surface area contributed by atoms with Gasteiger partial charge in [-0.3, -0.25) is 4.90 Å². The van der Waals surface area contributed by atoms with Crippen LogP contribution in [0.5, 0.6) is 5.75 Å². The highest BCUT2D eigenvalue weighted by Gasteiger charge is 2.40. The lowest BCUT2D eigenvalue weighted by molar-refractivity contribution is 0.272. The molecule has 4 rings (SSSR count). The van der Waals surface area contributed by atoms with Gasteiger partial charge in [0.2, 0.25) is 0 Å². The van der Waals surface area contributed by atoms with Gasteiger partial charge in [0.25, 0.3) is 0 Å². The molecule has 2 N–H and O–H groups in total. The molecule has 3 unspecified atom stereocenters. The maximum atomic E-state index is 6.24. The van der Waals surface area contributed by atoms with Gasteiger partial charge in [0.15, 0.2) is 0 Å². The number of fused-ring (bicyclic) bond motifs is 1. The van der Waals surface area contributed by atoms with E-state index in [2.05, 4.69) is 11.0 Å². The lowest BCUT2D eigenvalue weighted by Crippen LogP contribution is -2.30. The molecule has 5 heteroatoms. The smallest absolute Gasteiger partial charge is 0.123 e. The van der Waals surface area contributed by atoms with Crippen molar-refractivity contribution in [2.75, 3.05) is 19.7 Å². The lowest BCUT2D eigenvalue weighted by atomic mass is 9.98. The van der Waals surface area contributed by atoms with Crippen molar-refractivity contribution in [3.05, 3.63) is 28.8 Å². The summed E-state index contributed by atoms with van der Waals surface area (Å²) in [7, 11) is 0. The number of halogens is 2. The second-order valence-electron chi connectivity index (χ2n) is 7.37. The van der Waals surface area contributed by atoms with Gasteiger partial charge in [-0.2, -0.15) is 0 Å². The Kier molecular flexibility index (Phi) is 5.42. The first-order chi connectivity index (χ1) is 10.7. The van der Waals surface area contributed by atoms with Crippen LogP contribution in [0.4, 0.5) is 0 Å². The standard InChI is InChI=1S/C18H25ClN2O.ClH/c19-15-4-6-18(22-11-12-1-2-12)14(7-15)9-21-8-13-3-5-17(20)16(13)10-21;/h4,6-7,12-13,16-17H,1-3,5,8-11,20H2;1H.